The highest BCUT2D eigenvalue weighted by Crippen LogP contribution is 2.14. The minimum Gasteiger partial charge on any atom is -0.340 e. The van der Waals surface area contributed by atoms with Gasteiger partial charge in [0.15, 0.2) is 16.4 Å². The highest BCUT2D eigenvalue weighted by atomic mass is 32.1. The van der Waals surface area contributed by atoms with Crippen LogP contribution in [0.25, 0.3) is 11.5 Å². The van der Waals surface area contributed by atoms with E-state index in [0.29, 0.717) is 35.3 Å². The van der Waals surface area contributed by atoms with Crippen LogP contribution in [-0.2, 0) is 13.0 Å². The summed E-state index contributed by atoms with van der Waals surface area (Å²) >= 11 is 5.25. The van der Waals surface area contributed by atoms with Crippen molar-refractivity contribution in [2.24, 2.45) is 0 Å². The van der Waals surface area contributed by atoms with Crippen LogP contribution in [0.5, 0.6) is 0 Å². The molecule has 0 aliphatic rings. The Morgan fingerprint density at radius 3 is 3.00 bits per heavy atom. The minimum absolute atomic E-state index is 0.547. The van der Waals surface area contributed by atoms with Gasteiger partial charge >= 0.3 is 0 Å². The molecule has 0 fully saturated rings. The molecule has 7 nitrogen and oxygen atoms in total. The fourth-order valence-corrected chi connectivity index (χ4v) is 2.09. The lowest BCUT2D eigenvalue weighted by molar-refractivity contribution is 0.386. The van der Waals surface area contributed by atoms with E-state index < -0.39 is 0 Å². The number of pyridine rings is 1. The van der Waals surface area contributed by atoms with Gasteiger partial charge in [0.05, 0.1) is 0 Å². The van der Waals surface area contributed by atoms with Crippen LogP contribution in [0, 0.1) is 11.7 Å². The van der Waals surface area contributed by atoms with Crippen LogP contribution < -0.4 is 0 Å². The molecule has 0 aromatic carbocycles. The summed E-state index contributed by atoms with van der Waals surface area (Å²) in [5, 5.41) is 10.9. The van der Waals surface area contributed by atoms with Crippen molar-refractivity contribution in [1.29, 1.82) is 0 Å². The third-order valence-electron chi connectivity index (χ3n) is 2.78. The van der Waals surface area contributed by atoms with Crippen LogP contribution in [0.15, 0.2) is 28.9 Å². The summed E-state index contributed by atoms with van der Waals surface area (Å²) in [5.74, 6) is 1.91. The minimum atomic E-state index is 0.547. The van der Waals surface area contributed by atoms with Gasteiger partial charge in [-0.05, 0) is 24.4 Å². The van der Waals surface area contributed by atoms with Gasteiger partial charge < -0.3 is 4.52 Å². The van der Waals surface area contributed by atoms with Crippen molar-refractivity contribution < 1.29 is 4.52 Å². The Hall–Kier alpha value is -2.35. The SMILES string of the molecule is Cc1nc(CCn2c(-c3ccccn3)n[nH]c2=S)no1. The molecule has 0 spiro atoms. The van der Waals surface area contributed by atoms with Crippen molar-refractivity contribution in [3.63, 3.8) is 0 Å². The van der Waals surface area contributed by atoms with E-state index in [1.165, 1.54) is 0 Å². The Morgan fingerprint density at radius 2 is 2.30 bits per heavy atom. The number of hydrogen-bond donors (Lipinski definition) is 1. The van der Waals surface area contributed by atoms with Gasteiger partial charge in [0.25, 0.3) is 0 Å². The molecule has 102 valence electrons. The second kappa shape index (κ2) is 5.33. The molecule has 3 aromatic rings. The first-order valence-electron chi connectivity index (χ1n) is 6.10. The molecule has 8 heteroatoms. The number of hydrogen-bond acceptors (Lipinski definition) is 6. The zero-order valence-corrected chi connectivity index (χ0v) is 11.6. The van der Waals surface area contributed by atoms with E-state index in [1.54, 1.807) is 13.1 Å². The zero-order valence-electron chi connectivity index (χ0n) is 10.8. The van der Waals surface area contributed by atoms with E-state index in [1.807, 2.05) is 22.8 Å². The second-order valence-corrected chi connectivity index (χ2v) is 4.59. The lowest BCUT2D eigenvalue weighted by Gasteiger charge is -2.04. The van der Waals surface area contributed by atoms with Gasteiger partial charge in [-0.2, -0.15) is 10.1 Å². The molecule has 1 N–H and O–H groups in total. The molecular formula is C12H12N6OS. The topological polar surface area (TPSA) is 85.4 Å². The van der Waals surface area contributed by atoms with Gasteiger partial charge in [-0.1, -0.05) is 11.2 Å². The Morgan fingerprint density at radius 1 is 1.40 bits per heavy atom. The quantitative estimate of drug-likeness (QED) is 0.738. The molecule has 0 amide bonds. The first-order valence-corrected chi connectivity index (χ1v) is 6.50. The summed E-state index contributed by atoms with van der Waals surface area (Å²) in [5.41, 5.74) is 0.768. The van der Waals surface area contributed by atoms with E-state index in [0.717, 1.165) is 5.69 Å². The van der Waals surface area contributed by atoms with Crippen LogP contribution in [0.1, 0.15) is 11.7 Å². The number of rotatable bonds is 4. The molecule has 0 saturated heterocycles. The van der Waals surface area contributed by atoms with Gasteiger partial charge in [0, 0.05) is 26.1 Å². The lowest BCUT2D eigenvalue weighted by Crippen LogP contribution is -2.05. The number of aryl methyl sites for hydroxylation is 2. The summed E-state index contributed by atoms with van der Waals surface area (Å²) < 4.78 is 7.37. The monoisotopic (exact) mass is 288 g/mol. The van der Waals surface area contributed by atoms with E-state index >= 15 is 0 Å². The van der Waals surface area contributed by atoms with E-state index in [2.05, 4.69) is 25.3 Å². The van der Waals surface area contributed by atoms with Crippen LogP contribution in [-0.4, -0.2) is 29.9 Å². The van der Waals surface area contributed by atoms with Gasteiger partial charge in [-0.25, -0.2) is 0 Å². The standard InChI is InChI=1S/C12H12N6OS/c1-8-14-10(17-19-8)5-7-18-11(15-16-12(18)20)9-4-2-3-6-13-9/h2-4,6H,5,7H2,1H3,(H,16,20). The number of nitrogens with zero attached hydrogens (tertiary/aromatic N) is 5. The largest absolute Gasteiger partial charge is 0.340 e. The number of aromatic nitrogens is 6. The maximum Gasteiger partial charge on any atom is 0.223 e. The van der Waals surface area contributed by atoms with Crippen LogP contribution in [0.2, 0.25) is 0 Å². The average Bonchev–Trinajstić information content (AvgIpc) is 3.04. The van der Waals surface area contributed by atoms with Crippen LogP contribution >= 0.6 is 12.2 Å². The van der Waals surface area contributed by atoms with Crippen molar-refractivity contribution >= 4 is 12.2 Å². The summed E-state index contributed by atoms with van der Waals surface area (Å²) in [6, 6.07) is 5.66. The van der Waals surface area contributed by atoms with Gasteiger partial charge in [0.1, 0.15) is 5.69 Å². The number of nitrogens with one attached hydrogen (secondary N) is 1. The molecule has 0 radical (unpaired) electrons. The van der Waals surface area contributed by atoms with Crippen molar-refractivity contribution in [3.8, 4) is 11.5 Å². The van der Waals surface area contributed by atoms with Crippen molar-refractivity contribution in [2.75, 3.05) is 0 Å². The molecule has 0 bridgehead atoms. The summed E-state index contributed by atoms with van der Waals surface area (Å²) in [7, 11) is 0. The zero-order chi connectivity index (χ0) is 13.9. The molecular weight excluding hydrogens is 276 g/mol. The second-order valence-electron chi connectivity index (χ2n) is 4.20. The predicted molar refractivity (Wildman–Crippen MR) is 73.4 cm³/mol. The van der Waals surface area contributed by atoms with Gasteiger partial charge in [-0.3, -0.25) is 14.6 Å². The molecule has 0 atom stereocenters. The van der Waals surface area contributed by atoms with Gasteiger partial charge in [0.2, 0.25) is 5.89 Å². The highest BCUT2D eigenvalue weighted by Gasteiger charge is 2.11. The third-order valence-corrected chi connectivity index (χ3v) is 3.09. The maximum atomic E-state index is 5.25. The number of aromatic amines is 1. The molecule has 3 rings (SSSR count). The normalized spacial score (nSPS) is 10.8. The third kappa shape index (κ3) is 2.50. The molecule has 0 aliphatic carbocycles. The Labute approximate surface area is 119 Å². The Kier molecular flexibility index (Phi) is 3.38. The average molecular weight is 288 g/mol. The summed E-state index contributed by atoms with van der Waals surface area (Å²) in [4.78, 5) is 8.45. The van der Waals surface area contributed by atoms with Crippen LogP contribution in [0.4, 0.5) is 0 Å². The molecule has 0 aliphatic heterocycles. The first-order chi connectivity index (χ1) is 9.74. The van der Waals surface area contributed by atoms with Crippen molar-refractivity contribution in [3.05, 3.63) is 40.9 Å². The predicted octanol–water partition coefficient (Wildman–Crippen LogP) is 1.94. The highest BCUT2D eigenvalue weighted by molar-refractivity contribution is 7.71. The van der Waals surface area contributed by atoms with Crippen LogP contribution in [0.3, 0.4) is 0 Å². The fraction of sp³-hybridized carbons (Fsp3) is 0.250. The number of H-pyrrole nitrogens is 1. The molecule has 0 unspecified atom stereocenters. The Bertz CT molecular complexity index is 760. The molecule has 20 heavy (non-hydrogen) atoms. The Balaban J connectivity index is 1.86. The smallest absolute Gasteiger partial charge is 0.223 e. The van der Waals surface area contributed by atoms with E-state index in [4.69, 9.17) is 16.7 Å². The summed E-state index contributed by atoms with van der Waals surface area (Å²) in [6.45, 7) is 2.37. The summed E-state index contributed by atoms with van der Waals surface area (Å²) in [6.07, 6.45) is 2.34. The van der Waals surface area contributed by atoms with E-state index in [-0.39, 0.29) is 0 Å². The van der Waals surface area contributed by atoms with Gasteiger partial charge in [-0.15, -0.1) is 0 Å². The molecule has 3 heterocycles. The lowest BCUT2D eigenvalue weighted by atomic mass is 10.3. The fourth-order valence-electron chi connectivity index (χ4n) is 1.87. The first kappa shape index (κ1) is 12.7. The van der Waals surface area contributed by atoms with Crippen molar-refractivity contribution in [1.82, 2.24) is 29.9 Å². The van der Waals surface area contributed by atoms with E-state index in [9.17, 15) is 0 Å². The molecule has 3 aromatic heterocycles. The molecule has 0 saturated carbocycles. The van der Waals surface area contributed by atoms with Crippen molar-refractivity contribution in [2.45, 2.75) is 19.9 Å². The maximum absolute atomic E-state index is 5.25.